The first-order valence-electron chi connectivity index (χ1n) is 3.81. The Hall–Kier alpha value is -0.290. The van der Waals surface area contributed by atoms with Crippen LogP contribution in [0.2, 0.25) is 0 Å². The number of benzene rings is 1. The van der Waals surface area contributed by atoms with Crippen molar-refractivity contribution in [2.24, 2.45) is 0 Å². The van der Waals surface area contributed by atoms with Crippen LogP contribution in [0.4, 0.5) is 0 Å². The summed E-state index contributed by atoms with van der Waals surface area (Å²) < 4.78 is 7.02. The van der Waals surface area contributed by atoms with Crippen molar-refractivity contribution in [3.63, 3.8) is 0 Å². The van der Waals surface area contributed by atoms with Crippen LogP contribution in [-0.4, -0.2) is 20.9 Å². The fraction of sp³-hybridized carbons (Fsp3) is 0.100. The molecular formula is C10H9ClOTe. The number of halogens is 1. The van der Waals surface area contributed by atoms with Crippen molar-refractivity contribution in [1.82, 2.24) is 0 Å². The van der Waals surface area contributed by atoms with Gasteiger partial charge in [-0.1, -0.05) is 0 Å². The van der Waals surface area contributed by atoms with Crippen LogP contribution >= 0.6 is 0 Å². The minimum absolute atomic E-state index is 0. The van der Waals surface area contributed by atoms with Crippen molar-refractivity contribution >= 4 is 20.9 Å². The Morgan fingerprint density at radius 2 is 1.85 bits per heavy atom. The number of hydrogen-bond donors (Lipinski definition) is 0. The molecule has 0 bridgehead atoms. The first kappa shape index (κ1) is 10.8. The molecule has 0 amide bonds. The van der Waals surface area contributed by atoms with E-state index < -0.39 is 0 Å². The summed E-state index contributed by atoms with van der Waals surface area (Å²) in [5, 5.41) is 0. The molecule has 1 aromatic heterocycles. The molecule has 0 spiro atoms. The molecular weight excluding hydrogens is 299 g/mol. The molecule has 2 aromatic rings. The van der Waals surface area contributed by atoms with Gasteiger partial charge in [0.1, 0.15) is 0 Å². The maximum atomic E-state index is 5.61. The predicted octanol–water partition coefficient (Wildman–Crippen LogP) is -0.403. The first-order chi connectivity index (χ1) is 5.86. The number of aryl methyl sites for hydroxylation is 1. The van der Waals surface area contributed by atoms with Crippen LogP contribution in [0, 0.1) is 6.92 Å². The Morgan fingerprint density at radius 3 is 2.38 bits per heavy atom. The molecule has 0 aliphatic rings. The van der Waals surface area contributed by atoms with Crippen LogP contribution in [0.1, 0.15) is 3.58 Å². The topological polar surface area (TPSA) is 11.3 Å². The zero-order valence-electron chi connectivity index (χ0n) is 7.16. The molecule has 1 heterocycles. The molecule has 0 saturated heterocycles. The molecule has 1 aromatic carbocycles. The fourth-order valence-electron chi connectivity index (χ4n) is 1.08. The summed E-state index contributed by atoms with van der Waals surface area (Å²) in [4.78, 5) is 0. The number of rotatable bonds is 1. The molecule has 3 heteroatoms. The summed E-state index contributed by atoms with van der Waals surface area (Å²) in [6, 6.07) is 12.4. The van der Waals surface area contributed by atoms with E-state index in [9.17, 15) is 0 Å². The summed E-state index contributed by atoms with van der Waals surface area (Å²) in [5.74, 6) is 1.05. The smallest absolute Gasteiger partial charge is 1.00 e. The monoisotopic (exact) mass is 310 g/mol. The second kappa shape index (κ2) is 4.81. The Labute approximate surface area is 94.0 Å². The van der Waals surface area contributed by atoms with Gasteiger partial charge in [0.2, 0.25) is 0 Å². The van der Waals surface area contributed by atoms with E-state index >= 15 is 0 Å². The quantitative estimate of drug-likeness (QED) is 0.515. The van der Waals surface area contributed by atoms with Gasteiger partial charge in [-0.25, -0.2) is 0 Å². The van der Waals surface area contributed by atoms with Crippen LogP contribution in [-0.2, 0) is 0 Å². The zero-order chi connectivity index (χ0) is 8.39. The van der Waals surface area contributed by atoms with Gasteiger partial charge in [-0.05, 0) is 0 Å². The van der Waals surface area contributed by atoms with Gasteiger partial charge < -0.3 is 12.4 Å². The second-order valence-electron chi connectivity index (χ2n) is 2.65. The zero-order valence-corrected chi connectivity index (χ0v) is 10.2. The van der Waals surface area contributed by atoms with Gasteiger partial charge in [0.15, 0.2) is 0 Å². The summed E-state index contributed by atoms with van der Waals surface area (Å²) in [6.45, 7) is 2.14. The molecule has 0 unspecified atom stereocenters. The Balaban J connectivity index is 0.000000845. The van der Waals surface area contributed by atoms with Gasteiger partial charge in [0.25, 0.3) is 0 Å². The van der Waals surface area contributed by atoms with Crippen LogP contribution in [0.5, 0.6) is 0 Å². The van der Waals surface area contributed by atoms with Gasteiger partial charge in [0.05, 0.1) is 0 Å². The SMILES string of the molecule is Cc1cc(-c2ccccc2)[o+][te]1.[Cl-]. The molecule has 0 aliphatic carbocycles. The van der Waals surface area contributed by atoms with E-state index in [1.807, 2.05) is 18.2 Å². The molecule has 13 heavy (non-hydrogen) atoms. The van der Waals surface area contributed by atoms with E-state index in [1.165, 1.54) is 9.14 Å². The van der Waals surface area contributed by atoms with E-state index in [0.29, 0.717) is 0 Å². The molecule has 0 aliphatic heterocycles. The van der Waals surface area contributed by atoms with Crippen molar-refractivity contribution < 1.29 is 15.2 Å². The van der Waals surface area contributed by atoms with Crippen molar-refractivity contribution in [3.8, 4) is 11.3 Å². The van der Waals surface area contributed by atoms with Crippen molar-refractivity contribution in [2.45, 2.75) is 6.92 Å². The van der Waals surface area contributed by atoms with E-state index in [2.05, 4.69) is 25.1 Å². The molecule has 0 radical (unpaired) electrons. The van der Waals surface area contributed by atoms with Gasteiger partial charge in [-0.2, -0.15) is 0 Å². The third-order valence-corrected chi connectivity index (χ3v) is 3.49. The van der Waals surface area contributed by atoms with E-state index in [-0.39, 0.29) is 33.3 Å². The van der Waals surface area contributed by atoms with Gasteiger partial charge >= 0.3 is 81.8 Å². The van der Waals surface area contributed by atoms with Crippen molar-refractivity contribution in [1.29, 1.82) is 0 Å². The minimum Gasteiger partial charge on any atom is -1.00 e. The van der Waals surface area contributed by atoms with E-state index in [4.69, 9.17) is 2.76 Å². The van der Waals surface area contributed by atoms with Crippen LogP contribution < -0.4 is 12.4 Å². The van der Waals surface area contributed by atoms with E-state index in [0.717, 1.165) is 5.76 Å². The standard InChI is InChI=1S/C10H9OTe.ClH/c1-8-7-10(11-12-8)9-5-3-2-4-6-9;/h2-7H,1H3;1H/q+1;/p-1. The average molecular weight is 308 g/mol. The third-order valence-electron chi connectivity index (χ3n) is 1.66. The molecule has 0 saturated carbocycles. The average Bonchev–Trinajstić information content (AvgIpc) is 2.54. The second-order valence-corrected chi connectivity index (χ2v) is 5.44. The van der Waals surface area contributed by atoms with Crippen molar-refractivity contribution in [2.75, 3.05) is 0 Å². The molecule has 1 nitrogen and oxygen atoms in total. The summed E-state index contributed by atoms with van der Waals surface area (Å²) in [7, 11) is 0. The molecule has 0 N–H and O–H groups in total. The molecule has 0 atom stereocenters. The third kappa shape index (κ3) is 2.57. The van der Waals surface area contributed by atoms with Crippen LogP contribution in [0.15, 0.2) is 39.2 Å². The molecule has 2 rings (SSSR count). The summed E-state index contributed by atoms with van der Waals surface area (Å²) in [6.07, 6.45) is 0. The first-order valence-corrected chi connectivity index (χ1v) is 5.93. The molecule has 0 fully saturated rings. The van der Waals surface area contributed by atoms with E-state index in [1.54, 1.807) is 0 Å². The Bertz CT molecular complexity index is 369. The summed E-state index contributed by atoms with van der Waals surface area (Å²) in [5.41, 5.74) is 1.19. The predicted molar refractivity (Wildman–Crippen MR) is 50.2 cm³/mol. The van der Waals surface area contributed by atoms with Gasteiger partial charge in [-0.3, -0.25) is 0 Å². The van der Waals surface area contributed by atoms with Crippen LogP contribution in [0.25, 0.3) is 11.3 Å². The minimum atomic E-state index is -0.327. The maximum absolute atomic E-state index is 5.61. The largest absolute Gasteiger partial charge is 1.00 e. The van der Waals surface area contributed by atoms with Crippen LogP contribution in [0.3, 0.4) is 0 Å². The molecule has 68 valence electrons. The Morgan fingerprint density at radius 1 is 1.15 bits per heavy atom. The van der Waals surface area contributed by atoms with Gasteiger partial charge in [0, 0.05) is 0 Å². The fourth-order valence-corrected chi connectivity index (χ4v) is 2.56. The van der Waals surface area contributed by atoms with Gasteiger partial charge in [-0.15, -0.1) is 0 Å². The van der Waals surface area contributed by atoms with Crippen molar-refractivity contribution in [3.05, 3.63) is 40.0 Å². The normalized spacial score (nSPS) is 9.31. The summed E-state index contributed by atoms with van der Waals surface area (Å²) >= 11 is -0.327. The maximum Gasteiger partial charge on any atom is -1.00 e. The number of hydrogen-bond acceptors (Lipinski definition) is 0. The Kier molecular flexibility index (Phi) is 3.99.